The summed E-state index contributed by atoms with van der Waals surface area (Å²) in [7, 11) is 1.60. The van der Waals surface area contributed by atoms with Crippen LogP contribution in [0.2, 0.25) is 0 Å². The number of hydrogen-bond donors (Lipinski definition) is 0. The molecule has 2 rings (SSSR count). The molecule has 6 heteroatoms. The zero-order chi connectivity index (χ0) is 14.8. The molecule has 20 heavy (non-hydrogen) atoms. The third kappa shape index (κ3) is 3.54. The molecule has 1 aromatic carbocycles. The van der Waals surface area contributed by atoms with Crippen LogP contribution in [0, 0.1) is 0 Å². The van der Waals surface area contributed by atoms with E-state index in [2.05, 4.69) is 4.98 Å². The maximum Gasteiger partial charge on any atom is 0.390 e. The molecule has 108 valence electrons. The second-order valence-electron chi connectivity index (χ2n) is 4.58. The Morgan fingerprint density at radius 2 is 1.95 bits per heavy atom. The van der Waals surface area contributed by atoms with Gasteiger partial charge < -0.3 is 4.90 Å². The van der Waals surface area contributed by atoms with Crippen LogP contribution >= 0.6 is 11.6 Å². The van der Waals surface area contributed by atoms with E-state index in [0.29, 0.717) is 11.7 Å². The van der Waals surface area contributed by atoms with Gasteiger partial charge in [0.05, 0.1) is 11.9 Å². The van der Waals surface area contributed by atoms with Crippen molar-refractivity contribution < 1.29 is 13.2 Å². The Hall–Kier alpha value is -1.49. The van der Waals surface area contributed by atoms with Crippen molar-refractivity contribution in [1.82, 2.24) is 4.98 Å². The highest BCUT2D eigenvalue weighted by molar-refractivity contribution is 6.18. The molecular weight excluding hydrogens is 289 g/mol. The molecule has 0 spiro atoms. The standard InChI is InChI=1S/C14H14ClF3N2/c1-20(7-6-14(16,17)18)13-8-10(9-15)11-4-2-3-5-12(11)19-13/h2-5,8H,6-7,9H2,1H3. The van der Waals surface area contributed by atoms with E-state index in [9.17, 15) is 13.2 Å². The first kappa shape index (κ1) is 14.9. The summed E-state index contributed by atoms with van der Waals surface area (Å²) in [5.41, 5.74) is 1.60. The molecule has 0 amide bonds. The summed E-state index contributed by atoms with van der Waals surface area (Å²) in [5, 5.41) is 0.926. The number of alkyl halides is 4. The predicted molar refractivity (Wildman–Crippen MR) is 75.2 cm³/mol. The average molecular weight is 303 g/mol. The zero-order valence-electron chi connectivity index (χ0n) is 10.9. The molecule has 0 fully saturated rings. The van der Waals surface area contributed by atoms with Gasteiger partial charge >= 0.3 is 6.18 Å². The summed E-state index contributed by atoms with van der Waals surface area (Å²) in [6, 6.07) is 9.19. The number of benzene rings is 1. The van der Waals surface area contributed by atoms with Crippen LogP contribution in [0.5, 0.6) is 0 Å². The number of nitrogens with zero attached hydrogens (tertiary/aromatic N) is 2. The number of anilines is 1. The van der Waals surface area contributed by atoms with Crippen LogP contribution in [0.15, 0.2) is 30.3 Å². The molecule has 2 nitrogen and oxygen atoms in total. The van der Waals surface area contributed by atoms with Gasteiger partial charge in [0.25, 0.3) is 0 Å². The third-order valence-electron chi connectivity index (χ3n) is 3.05. The Labute approximate surface area is 120 Å². The van der Waals surface area contributed by atoms with Crippen LogP contribution < -0.4 is 4.90 Å². The fraction of sp³-hybridized carbons (Fsp3) is 0.357. The lowest BCUT2D eigenvalue weighted by Gasteiger charge is -2.20. The van der Waals surface area contributed by atoms with Crippen LogP contribution in [0.25, 0.3) is 10.9 Å². The minimum atomic E-state index is -4.17. The number of fused-ring (bicyclic) bond motifs is 1. The third-order valence-corrected chi connectivity index (χ3v) is 3.34. The summed E-state index contributed by atoms with van der Waals surface area (Å²) < 4.78 is 36.8. The summed E-state index contributed by atoms with van der Waals surface area (Å²) in [4.78, 5) is 5.88. The van der Waals surface area contributed by atoms with E-state index < -0.39 is 12.6 Å². The smallest absolute Gasteiger partial charge is 0.359 e. The first-order chi connectivity index (χ1) is 9.40. The van der Waals surface area contributed by atoms with E-state index in [1.807, 2.05) is 24.3 Å². The van der Waals surface area contributed by atoms with E-state index in [-0.39, 0.29) is 6.54 Å². The Balaban J connectivity index is 2.30. The maximum absolute atomic E-state index is 12.3. The van der Waals surface area contributed by atoms with Crippen molar-refractivity contribution in [2.24, 2.45) is 0 Å². The van der Waals surface area contributed by atoms with Gasteiger partial charge in [-0.05, 0) is 17.7 Å². The van der Waals surface area contributed by atoms with Crippen molar-refractivity contribution in [3.8, 4) is 0 Å². The van der Waals surface area contributed by atoms with Crippen LogP contribution in [0.4, 0.5) is 19.0 Å². The molecule has 0 bridgehead atoms. The van der Waals surface area contributed by atoms with Crippen molar-refractivity contribution in [2.75, 3.05) is 18.5 Å². The SMILES string of the molecule is CN(CCC(F)(F)F)c1cc(CCl)c2ccccc2n1. The minimum absolute atomic E-state index is 0.128. The second-order valence-corrected chi connectivity index (χ2v) is 4.84. The predicted octanol–water partition coefficient (Wildman–Crippen LogP) is 4.36. The van der Waals surface area contributed by atoms with Crippen molar-refractivity contribution in [3.63, 3.8) is 0 Å². The van der Waals surface area contributed by atoms with Crippen molar-refractivity contribution in [2.45, 2.75) is 18.5 Å². The van der Waals surface area contributed by atoms with E-state index in [0.717, 1.165) is 16.5 Å². The molecule has 0 radical (unpaired) electrons. The van der Waals surface area contributed by atoms with Crippen LogP contribution in [-0.4, -0.2) is 24.8 Å². The lowest BCUT2D eigenvalue weighted by molar-refractivity contribution is -0.132. The van der Waals surface area contributed by atoms with Crippen LogP contribution in [0.3, 0.4) is 0 Å². The summed E-state index contributed by atoms with van der Waals surface area (Å²) >= 11 is 5.91. The van der Waals surface area contributed by atoms with Gasteiger partial charge in [0, 0.05) is 24.9 Å². The Morgan fingerprint density at radius 3 is 2.60 bits per heavy atom. The molecule has 0 saturated heterocycles. The highest BCUT2D eigenvalue weighted by atomic mass is 35.5. The van der Waals surface area contributed by atoms with E-state index in [4.69, 9.17) is 11.6 Å². The fourth-order valence-electron chi connectivity index (χ4n) is 1.95. The molecule has 1 heterocycles. The number of halogens is 4. The lowest BCUT2D eigenvalue weighted by atomic mass is 10.1. The normalized spacial score (nSPS) is 11.8. The zero-order valence-corrected chi connectivity index (χ0v) is 11.7. The highest BCUT2D eigenvalue weighted by Gasteiger charge is 2.27. The summed E-state index contributed by atoms with van der Waals surface area (Å²) in [6.07, 6.45) is -5.03. The summed E-state index contributed by atoms with van der Waals surface area (Å²) in [6.45, 7) is -0.128. The van der Waals surface area contributed by atoms with Gasteiger partial charge in [0.2, 0.25) is 0 Å². The van der Waals surface area contributed by atoms with Gasteiger partial charge in [-0.25, -0.2) is 4.98 Å². The Bertz CT molecular complexity index is 598. The number of pyridine rings is 1. The number of para-hydroxylation sites is 1. The molecule has 0 saturated carbocycles. The van der Waals surface area contributed by atoms with Crippen molar-refractivity contribution in [3.05, 3.63) is 35.9 Å². The number of hydrogen-bond acceptors (Lipinski definition) is 2. The topological polar surface area (TPSA) is 16.1 Å². The second kappa shape index (κ2) is 5.87. The van der Waals surface area contributed by atoms with Crippen LogP contribution in [-0.2, 0) is 5.88 Å². The van der Waals surface area contributed by atoms with Gasteiger partial charge in [0.1, 0.15) is 5.82 Å². The van der Waals surface area contributed by atoms with Crippen LogP contribution in [0.1, 0.15) is 12.0 Å². The molecule has 1 aromatic heterocycles. The summed E-state index contributed by atoms with van der Waals surface area (Å²) in [5.74, 6) is 0.798. The fourth-order valence-corrected chi connectivity index (χ4v) is 2.17. The first-order valence-electron chi connectivity index (χ1n) is 6.13. The van der Waals surface area contributed by atoms with Gasteiger partial charge in [-0.2, -0.15) is 13.2 Å². The molecule has 0 aliphatic carbocycles. The average Bonchev–Trinajstić information content (AvgIpc) is 2.42. The quantitative estimate of drug-likeness (QED) is 0.780. The van der Waals surface area contributed by atoms with E-state index >= 15 is 0 Å². The molecule has 0 N–H and O–H groups in total. The Kier molecular flexibility index (Phi) is 4.38. The van der Waals surface area contributed by atoms with E-state index in [1.54, 1.807) is 13.1 Å². The Morgan fingerprint density at radius 1 is 1.25 bits per heavy atom. The molecule has 0 atom stereocenters. The van der Waals surface area contributed by atoms with Gasteiger partial charge in [-0.15, -0.1) is 11.6 Å². The van der Waals surface area contributed by atoms with E-state index in [1.165, 1.54) is 4.90 Å². The molecule has 0 unspecified atom stereocenters. The van der Waals surface area contributed by atoms with Gasteiger partial charge in [0.15, 0.2) is 0 Å². The molecular formula is C14H14ClF3N2. The molecule has 2 aromatic rings. The first-order valence-corrected chi connectivity index (χ1v) is 6.66. The molecule has 0 aliphatic rings. The maximum atomic E-state index is 12.3. The number of aromatic nitrogens is 1. The van der Waals surface area contributed by atoms with Gasteiger partial charge in [-0.1, -0.05) is 18.2 Å². The lowest BCUT2D eigenvalue weighted by Crippen LogP contribution is -2.24. The monoisotopic (exact) mass is 302 g/mol. The van der Waals surface area contributed by atoms with Crippen molar-refractivity contribution >= 4 is 28.3 Å². The highest BCUT2D eigenvalue weighted by Crippen LogP contribution is 2.25. The largest absolute Gasteiger partial charge is 0.390 e. The minimum Gasteiger partial charge on any atom is -0.359 e. The van der Waals surface area contributed by atoms with Gasteiger partial charge in [-0.3, -0.25) is 0 Å². The number of rotatable bonds is 4. The van der Waals surface area contributed by atoms with Crippen molar-refractivity contribution in [1.29, 1.82) is 0 Å². The molecule has 0 aliphatic heterocycles.